The summed E-state index contributed by atoms with van der Waals surface area (Å²) in [6, 6.07) is 12.0. The molecule has 0 saturated carbocycles. The van der Waals surface area contributed by atoms with E-state index in [1.807, 2.05) is 23.1 Å². The van der Waals surface area contributed by atoms with Crippen LogP contribution >= 0.6 is 0 Å². The smallest absolute Gasteiger partial charge is 0.261 e. The number of sulfone groups is 1. The Morgan fingerprint density at radius 2 is 1.90 bits per heavy atom. The molecular formula is C22H25NO6S. The maximum atomic E-state index is 12.9. The summed E-state index contributed by atoms with van der Waals surface area (Å²) in [7, 11) is -3.33. The molecule has 30 heavy (non-hydrogen) atoms. The van der Waals surface area contributed by atoms with Crippen LogP contribution in [0.1, 0.15) is 30.9 Å². The molecule has 4 rings (SSSR count). The third-order valence-corrected chi connectivity index (χ3v) is 6.44. The highest BCUT2D eigenvalue weighted by molar-refractivity contribution is 7.90. The first-order chi connectivity index (χ1) is 14.4. The van der Waals surface area contributed by atoms with Gasteiger partial charge in [-0.15, -0.1) is 0 Å². The highest BCUT2D eigenvalue weighted by Gasteiger charge is 2.31. The van der Waals surface area contributed by atoms with Crippen molar-refractivity contribution in [1.29, 1.82) is 0 Å². The minimum atomic E-state index is -3.33. The Kier molecular flexibility index (Phi) is 5.85. The molecule has 0 radical (unpaired) electrons. The molecule has 2 heterocycles. The number of amides is 1. The summed E-state index contributed by atoms with van der Waals surface area (Å²) in [5.74, 6) is 1.69. The molecule has 160 valence electrons. The van der Waals surface area contributed by atoms with E-state index in [9.17, 15) is 13.2 Å². The quantitative estimate of drug-likeness (QED) is 0.724. The number of hydrogen-bond donors (Lipinski definition) is 0. The van der Waals surface area contributed by atoms with Crippen molar-refractivity contribution in [2.75, 3.05) is 32.6 Å². The fourth-order valence-corrected chi connectivity index (χ4v) is 4.48. The first kappa shape index (κ1) is 20.5. The first-order valence-electron chi connectivity index (χ1n) is 10.0. The second kappa shape index (κ2) is 8.55. The van der Waals surface area contributed by atoms with Gasteiger partial charge in [0.25, 0.3) is 5.91 Å². The highest BCUT2D eigenvalue weighted by atomic mass is 32.2. The Balaban J connectivity index is 1.45. The minimum absolute atomic E-state index is 0.0411. The van der Waals surface area contributed by atoms with E-state index in [1.54, 1.807) is 12.1 Å². The van der Waals surface area contributed by atoms with Crippen molar-refractivity contribution in [1.82, 2.24) is 4.90 Å². The van der Waals surface area contributed by atoms with Crippen LogP contribution in [0.5, 0.6) is 17.2 Å². The Bertz CT molecular complexity index is 1040. The lowest BCUT2D eigenvalue weighted by Crippen LogP contribution is -2.34. The summed E-state index contributed by atoms with van der Waals surface area (Å²) in [6.45, 7) is 1.77. The van der Waals surface area contributed by atoms with E-state index in [0.29, 0.717) is 25.5 Å². The van der Waals surface area contributed by atoms with Gasteiger partial charge >= 0.3 is 0 Å². The highest BCUT2D eigenvalue weighted by Crippen LogP contribution is 2.38. The molecule has 0 N–H and O–H groups in total. The van der Waals surface area contributed by atoms with Gasteiger partial charge in [0.1, 0.15) is 5.75 Å². The van der Waals surface area contributed by atoms with Crippen LogP contribution in [-0.2, 0) is 14.6 Å². The molecule has 0 aliphatic carbocycles. The number of benzene rings is 2. The number of ether oxygens (including phenoxy) is 3. The number of likely N-dealkylation sites (tertiary alicyclic amines) is 1. The summed E-state index contributed by atoms with van der Waals surface area (Å²) in [6.07, 6.45) is 3.76. The molecule has 1 fully saturated rings. The van der Waals surface area contributed by atoms with Crippen LogP contribution in [0.4, 0.5) is 0 Å². The fourth-order valence-electron chi connectivity index (χ4n) is 3.82. The number of fused-ring (bicyclic) bond motifs is 1. The van der Waals surface area contributed by atoms with Gasteiger partial charge in [-0.3, -0.25) is 4.79 Å². The third kappa shape index (κ3) is 4.53. The lowest BCUT2D eigenvalue weighted by molar-refractivity contribution is -0.134. The first-order valence-corrected chi connectivity index (χ1v) is 11.9. The summed E-state index contributed by atoms with van der Waals surface area (Å²) < 4.78 is 40.5. The molecule has 0 spiro atoms. The normalized spacial score (nSPS) is 18.7. The Labute approximate surface area is 176 Å². The standard InChI is InChI=1S/C22H25NO6S/c1-30(25,26)18-6-2-5-17(14-18)29-15-22(24)23-10-3-7-19(23)16-8-9-20-21(13-16)28-12-4-11-27-20/h2,5-6,8-9,13-14,19H,3-4,7,10-12,15H2,1H3/t19-/m1/s1. The molecule has 0 bridgehead atoms. The zero-order chi connectivity index (χ0) is 21.1. The topological polar surface area (TPSA) is 82.1 Å². The average molecular weight is 432 g/mol. The van der Waals surface area contributed by atoms with Crippen LogP contribution in [0.3, 0.4) is 0 Å². The Hall–Kier alpha value is -2.74. The summed E-state index contributed by atoms with van der Waals surface area (Å²) in [5, 5.41) is 0. The van der Waals surface area contributed by atoms with Gasteiger partial charge in [0.2, 0.25) is 0 Å². The van der Waals surface area contributed by atoms with Crippen molar-refractivity contribution in [3.63, 3.8) is 0 Å². The van der Waals surface area contributed by atoms with Crippen LogP contribution < -0.4 is 14.2 Å². The van der Waals surface area contributed by atoms with Crippen molar-refractivity contribution >= 4 is 15.7 Å². The molecule has 0 unspecified atom stereocenters. The van der Waals surface area contributed by atoms with Crippen LogP contribution in [0.15, 0.2) is 47.4 Å². The maximum Gasteiger partial charge on any atom is 0.261 e. The van der Waals surface area contributed by atoms with E-state index in [2.05, 4.69) is 0 Å². The van der Waals surface area contributed by atoms with E-state index in [1.165, 1.54) is 12.1 Å². The monoisotopic (exact) mass is 431 g/mol. The largest absolute Gasteiger partial charge is 0.490 e. The molecule has 7 nitrogen and oxygen atoms in total. The molecule has 1 saturated heterocycles. The molecule has 2 aromatic rings. The Morgan fingerprint density at radius 3 is 2.70 bits per heavy atom. The van der Waals surface area contributed by atoms with Crippen LogP contribution in [0.2, 0.25) is 0 Å². The number of rotatable bonds is 5. The van der Waals surface area contributed by atoms with E-state index in [-0.39, 0.29) is 23.5 Å². The molecular weight excluding hydrogens is 406 g/mol. The van der Waals surface area contributed by atoms with Crippen LogP contribution in [-0.4, -0.2) is 51.8 Å². The van der Waals surface area contributed by atoms with E-state index >= 15 is 0 Å². The van der Waals surface area contributed by atoms with Crippen molar-refractivity contribution < 1.29 is 27.4 Å². The van der Waals surface area contributed by atoms with Gasteiger partial charge in [0.05, 0.1) is 24.2 Å². The van der Waals surface area contributed by atoms with Crippen molar-refractivity contribution in [2.24, 2.45) is 0 Å². The predicted octanol–water partition coefficient (Wildman–Crippen LogP) is 2.99. The summed E-state index contributed by atoms with van der Waals surface area (Å²) >= 11 is 0. The zero-order valence-corrected chi connectivity index (χ0v) is 17.7. The molecule has 2 aromatic carbocycles. The number of carbonyl (C=O) groups is 1. The van der Waals surface area contributed by atoms with Gasteiger partial charge in [-0.25, -0.2) is 8.42 Å². The molecule has 1 amide bonds. The number of hydrogen-bond acceptors (Lipinski definition) is 6. The molecule has 0 aromatic heterocycles. The molecule has 8 heteroatoms. The van der Waals surface area contributed by atoms with Crippen molar-refractivity contribution in [3.05, 3.63) is 48.0 Å². The molecule has 2 aliphatic rings. The minimum Gasteiger partial charge on any atom is -0.490 e. The van der Waals surface area contributed by atoms with Gasteiger partial charge in [-0.05, 0) is 48.7 Å². The number of carbonyl (C=O) groups excluding carboxylic acids is 1. The summed E-state index contributed by atoms with van der Waals surface area (Å²) in [4.78, 5) is 14.8. The lowest BCUT2D eigenvalue weighted by Gasteiger charge is -2.25. The van der Waals surface area contributed by atoms with Crippen molar-refractivity contribution in [3.8, 4) is 17.2 Å². The van der Waals surface area contributed by atoms with Gasteiger partial charge in [0.15, 0.2) is 27.9 Å². The lowest BCUT2D eigenvalue weighted by atomic mass is 10.0. The SMILES string of the molecule is CS(=O)(=O)c1cccc(OCC(=O)N2CCC[C@@H]2c2ccc3c(c2)OCCCO3)c1. The van der Waals surface area contributed by atoms with Crippen LogP contribution in [0, 0.1) is 0 Å². The van der Waals surface area contributed by atoms with Gasteiger partial charge in [-0.1, -0.05) is 12.1 Å². The zero-order valence-electron chi connectivity index (χ0n) is 16.9. The van der Waals surface area contributed by atoms with Gasteiger partial charge in [0, 0.05) is 19.2 Å². The molecule has 2 aliphatic heterocycles. The maximum absolute atomic E-state index is 12.9. The van der Waals surface area contributed by atoms with E-state index in [0.717, 1.165) is 42.6 Å². The van der Waals surface area contributed by atoms with Crippen molar-refractivity contribution in [2.45, 2.75) is 30.2 Å². The van der Waals surface area contributed by atoms with Gasteiger partial charge < -0.3 is 19.1 Å². The van der Waals surface area contributed by atoms with E-state index in [4.69, 9.17) is 14.2 Å². The second-order valence-electron chi connectivity index (χ2n) is 7.54. The Morgan fingerprint density at radius 1 is 1.10 bits per heavy atom. The average Bonchev–Trinajstić information content (AvgIpc) is 3.10. The van der Waals surface area contributed by atoms with Crippen LogP contribution in [0.25, 0.3) is 0 Å². The predicted molar refractivity (Wildman–Crippen MR) is 111 cm³/mol. The number of nitrogens with zero attached hydrogens (tertiary/aromatic N) is 1. The fraction of sp³-hybridized carbons (Fsp3) is 0.409. The van der Waals surface area contributed by atoms with E-state index < -0.39 is 9.84 Å². The third-order valence-electron chi connectivity index (χ3n) is 5.33. The van der Waals surface area contributed by atoms with Gasteiger partial charge in [-0.2, -0.15) is 0 Å². The second-order valence-corrected chi connectivity index (χ2v) is 9.55. The molecule has 1 atom stereocenters. The summed E-state index contributed by atoms with van der Waals surface area (Å²) in [5.41, 5.74) is 1.02.